The molecule has 9 heteroatoms. The molecular formula is C29H30NO7P. The highest BCUT2D eigenvalue weighted by Crippen LogP contribution is 2.42. The number of benzene rings is 2. The zero-order valence-electron chi connectivity index (χ0n) is 21.1. The van der Waals surface area contributed by atoms with E-state index in [1.54, 1.807) is 37.5 Å². The predicted octanol–water partition coefficient (Wildman–Crippen LogP) is 4.98. The van der Waals surface area contributed by atoms with E-state index in [9.17, 15) is 24.6 Å². The molecule has 0 saturated heterocycles. The molecule has 0 fully saturated rings. The van der Waals surface area contributed by atoms with E-state index in [1.807, 2.05) is 0 Å². The van der Waals surface area contributed by atoms with Crippen LogP contribution in [0.5, 0.6) is 5.75 Å². The van der Waals surface area contributed by atoms with Crippen LogP contribution in [0.15, 0.2) is 65.8 Å². The third-order valence-electron chi connectivity index (χ3n) is 6.47. The molecule has 0 spiro atoms. The Labute approximate surface area is 223 Å². The smallest absolute Gasteiger partial charge is 0.336 e. The van der Waals surface area contributed by atoms with Crippen molar-refractivity contribution in [2.24, 2.45) is 0 Å². The Morgan fingerprint density at radius 2 is 1.84 bits per heavy atom. The van der Waals surface area contributed by atoms with Gasteiger partial charge in [-0.05, 0) is 95.2 Å². The number of carbonyl (C=O) groups is 3. The second-order valence-electron chi connectivity index (χ2n) is 9.08. The van der Waals surface area contributed by atoms with Gasteiger partial charge in [0.15, 0.2) is 14.8 Å². The maximum absolute atomic E-state index is 13.0. The molecule has 1 unspecified atom stereocenters. The molecule has 4 rings (SSSR count). The number of fused-ring (bicyclic) bond motifs is 2. The number of phenolic OH excluding ortho intramolecular Hbond substituents is 1. The van der Waals surface area contributed by atoms with Crippen LogP contribution in [0.1, 0.15) is 63.1 Å². The Hall–Kier alpha value is -3.58. The molecule has 0 aromatic heterocycles. The number of aromatic hydroxyl groups is 1. The summed E-state index contributed by atoms with van der Waals surface area (Å²) in [6.07, 6.45) is 8.79. The molecule has 198 valence electrons. The first kappa shape index (κ1) is 27.5. The van der Waals surface area contributed by atoms with Gasteiger partial charge in [-0.3, -0.25) is 9.59 Å². The van der Waals surface area contributed by atoms with Crippen LogP contribution in [0.2, 0.25) is 0 Å². The molecule has 3 N–H and O–H groups in total. The number of allylic oxidation sites excluding steroid dienone is 5. The summed E-state index contributed by atoms with van der Waals surface area (Å²) in [6.45, 7) is 1.15. The lowest BCUT2D eigenvalue weighted by Gasteiger charge is -2.27. The van der Waals surface area contributed by atoms with E-state index in [4.69, 9.17) is 9.05 Å². The Kier molecular flexibility index (Phi) is 9.24. The summed E-state index contributed by atoms with van der Waals surface area (Å²) in [6, 6.07) is 9.46. The zero-order chi connectivity index (χ0) is 27.1. The van der Waals surface area contributed by atoms with Crippen molar-refractivity contribution in [1.29, 1.82) is 0 Å². The van der Waals surface area contributed by atoms with Crippen molar-refractivity contribution in [3.63, 3.8) is 0 Å². The van der Waals surface area contributed by atoms with Crippen LogP contribution in [0.3, 0.4) is 0 Å². The molecule has 2 aromatic carbocycles. The molecule has 38 heavy (non-hydrogen) atoms. The molecule has 2 aliphatic rings. The van der Waals surface area contributed by atoms with Gasteiger partial charge in [0.25, 0.3) is 5.91 Å². The Morgan fingerprint density at radius 1 is 1.03 bits per heavy atom. The van der Waals surface area contributed by atoms with Crippen LogP contribution in [-0.4, -0.2) is 48.1 Å². The van der Waals surface area contributed by atoms with Crippen molar-refractivity contribution in [2.75, 3.05) is 20.3 Å². The number of rotatable bonds is 12. The minimum atomic E-state index is -1.12. The minimum absolute atomic E-state index is 0.0472. The first-order valence-corrected chi connectivity index (χ1v) is 13.3. The summed E-state index contributed by atoms with van der Waals surface area (Å²) in [5.74, 6) is -1.48. The van der Waals surface area contributed by atoms with E-state index >= 15 is 0 Å². The van der Waals surface area contributed by atoms with Crippen LogP contribution < -0.4 is 5.32 Å². The second-order valence-corrected chi connectivity index (χ2v) is 9.95. The van der Waals surface area contributed by atoms with Crippen molar-refractivity contribution >= 4 is 32.3 Å². The Bertz CT molecular complexity index is 1340. The van der Waals surface area contributed by atoms with Crippen molar-refractivity contribution in [3.05, 3.63) is 93.6 Å². The van der Waals surface area contributed by atoms with E-state index in [-0.39, 0.29) is 32.0 Å². The van der Waals surface area contributed by atoms with Gasteiger partial charge in [-0.2, -0.15) is 0 Å². The van der Waals surface area contributed by atoms with Gasteiger partial charge >= 0.3 is 5.97 Å². The maximum Gasteiger partial charge on any atom is 0.336 e. The standard InChI is InChI=1S/C29H30NO7P/c1-36-38-37-13-5-3-2-4-12-30-28(33)18-6-9-25(29(34)35)26(17-18)27-23-10-7-21(31)15-19(23)14-20-16-22(32)8-11-24(20)27/h6-11,15-17,31,38H,2-5,12-14H2,1H3,(H,30,33)(H,34,35). The fraction of sp³-hybridized carbons (Fsp3) is 0.276. The Balaban J connectivity index is 1.58. The number of aromatic carboxylic acids is 1. The summed E-state index contributed by atoms with van der Waals surface area (Å²) in [5.41, 5.74) is 4.40. The number of ketones is 1. The minimum Gasteiger partial charge on any atom is -0.508 e. The number of nitrogens with one attached hydrogen (secondary N) is 1. The normalized spacial score (nSPS) is 14.4. The number of unbranched alkanes of at least 4 members (excludes halogenated alkanes) is 3. The van der Waals surface area contributed by atoms with Crippen molar-refractivity contribution in [3.8, 4) is 5.75 Å². The van der Waals surface area contributed by atoms with E-state index in [0.717, 1.165) is 48.0 Å². The first-order chi connectivity index (χ1) is 18.4. The number of carboxylic acid groups (broad SMARTS) is 1. The molecule has 0 radical (unpaired) electrons. The fourth-order valence-corrected chi connectivity index (χ4v) is 5.05. The third kappa shape index (κ3) is 6.45. The van der Waals surface area contributed by atoms with Crippen LogP contribution in [0.4, 0.5) is 0 Å². The molecule has 2 aromatic rings. The highest BCUT2D eigenvalue weighted by atomic mass is 31.1. The Morgan fingerprint density at radius 3 is 2.63 bits per heavy atom. The highest BCUT2D eigenvalue weighted by molar-refractivity contribution is 7.26. The van der Waals surface area contributed by atoms with Crippen LogP contribution in [0, 0.1) is 0 Å². The van der Waals surface area contributed by atoms with Gasteiger partial charge in [0, 0.05) is 19.2 Å². The van der Waals surface area contributed by atoms with E-state index in [2.05, 4.69) is 5.32 Å². The lowest BCUT2D eigenvalue weighted by molar-refractivity contribution is -0.110. The van der Waals surface area contributed by atoms with Gasteiger partial charge in [0.1, 0.15) is 5.75 Å². The van der Waals surface area contributed by atoms with Gasteiger partial charge in [-0.1, -0.05) is 25.0 Å². The van der Waals surface area contributed by atoms with Gasteiger partial charge in [-0.25, -0.2) is 4.79 Å². The molecule has 8 nitrogen and oxygen atoms in total. The van der Waals surface area contributed by atoms with Gasteiger partial charge in [0.05, 0.1) is 12.2 Å². The molecule has 1 amide bonds. The molecule has 0 heterocycles. The number of phenols is 1. The van der Waals surface area contributed by atoms with Gasteiger partial charge in [-0.15, -0.1) is 0 Å². The SMILES string of the molecule is COPOCCCCCCNC(=O)c1ccc(C(=O)O)c(C2=C3C=CC(=O)C=C3Cc3cc(O)ccc32)c1. The van der Waals surface area contributed by atoms with Crippen LogP contribution in [-0.2, 0) is 20.3 Å². The monoisotopic (exact) mass is 535 g/mol. The third-order valence-corrected chi connectivity index (χ3v) is 6.96. The van der Waals surface area contributed by atoms with E-state index in [0.29, 0.717) is 36.3 Å². The largest absolute Gasteiger partial charge is 0.508 e. The molecule has 0 bridgehead atoms. The van der Waals surface area contributed by atoms with E-state index in [1.165, 1.54) is 24.3 Å². The number of carbonyl (C=O) groups excluding carboxylic acids is 2. The van der Waals surface area contributed by atoms with Crippen molar-refractivity contribution in [1.82, 2.24) is 5.32 Å². The fourth-order valence-electron chi connectivity index (χ4n) is 4.71. The van der Waals surface area contributed by atoms with Gasteiger partial charge < -0.3 is 24.6 Å². The number of hydrogen-bond acceptors (Lipinski definition) is 6. The maximum atomic E-state index is 13.0. The molecule has 1 atom stereocenters. The molecule has 0 aliphatic heterocycles. The lowest BCUT2D eigenvalue weighted by Crippen LogP contribution is -2.25. The summed E-state index contributed by atoms with van der Waals surface area (Å²) in [4.78, 5) is 37.3. The summed E-state index contributed by atoms with van der Waals surface area (Å²) in [7, 11) is 1.66. The topological polar surface area (TPSA) is 122 Å². The van der Waals surface area contributed by atoms with Gasteiger partial charge in [0.2, 0.25) is 0 Å². The molecular weight excluding hydrogens is 505 g/mol. The summed E-state index contributed by atoms with van der Waals surface area (Å²) >= 11 is 0. The van der Waals surface area contributed by atoms with Crippen LogP contribution >= 0.6 is 9.03 Å². The van der Waals surface area contributed by atoms with E-state index < -0.39 is 5.97 Å². The summed E-state index contributed by atoms with van der Waals surface area (Å²) < 4.78 is 10.2. The number of hydrogen-bond donors (Lipinski definition) is 3. The average Bonchev–Trinajstić information content (AvgIpc) is 2.90. The predicted molar refractivity (Wildman–Crippen MR) is 146 cm³/mol. The molecule has 0 saturated carbocycles. The first-order valence-electron chi connectivity index (χ1n) is 12.4. The quantitative estimate of drug-likeness (QED) is 0.259. The van der Waals surface area contributed by atoms with Crippen molar-refractivity contribution in [2.45, 2.75) is 32.1 Å². The zero-order valence-corrected chi connectivity index (χ0v) is 22.1. The van der Waals surface area contributed by atoms with Crippen LogP contribution in [0.25, 0.3) is 5.57 Å². The summed E-state index contributed by atoms with van der Waals surface area (Å²) in [5, 5.41) is 23.0. The molecule has 2 aliphatic carbocycles. The average molecular weight is 536 g/mol. The number of carboxylic acids is 1. The second kappa shape index (κ2) is 12.8. The van der Waals surface area contributed by atoms with Crippen molar-refractivity contribution < 1.29 is 33.6 Å². The highest BCUT2D eigenvalue weighted by Gasteiger charge is 2.28. The number of amides is 1. The lowest BCUT2D eigenvalue weighted by atomic mass is 9.76.